The van der Waals surface area contributed by atoms with Gasteiger partial charge in [-0.2, -0.15) is 5.10 Å². The van der Waals surface area contributed by atoms with E-state index in [-0.39, 0.29) is 11.4 Å². The molecule has 0 saturated heterocycles. The Kier molecular flexibility index (Phi) is 5.97. The highest BCUT2D eigenvalue weighted by molar-refractivity contribution is 7.89. The maximum absolute atomic E-state index is 12.4. The van der Waals surface area contributed by atoms with Crippen molar-refractivity contribution in [3.63, 3.8) is 0 Å². The van der Waals surface area contributed by atoms with Crippen LogP contribution in [0.25, 0.3) is 0 Å². The van der Waals surface area contributed by atoms with Crippen molar-refractivity contribution < 1.29 is 13.2 Å². The minimum Gasteiger partial charge on any atom is -0.324 e. The number of para-hydroxylation sites is 1. The van der Waals surface area contributed by atoms with E-state index in [9.17, 15) is 13.2 Å². The molecular weight excluding hydrogens is 340 g/mol. The summed E-state index contributed by atoms with van der Waals surface area (Å²) < 4.78 is 27.1. The van der Waals surface area contributed by atoms with E-state index in [1.165, 1.54) is 0 Å². The van der Waals surface area contributed by atoms with Gasteiger partial charge in [0, 0.05) is 5.69 Å². The fourth-order valence-electron chi connectivity index (χ4n) is 2.76. The average molecular weight is 364 g/mol. The zero-order valence-electron chi connectivity index (χ0n) is 14.9. The van der Waals surface area contributed by atoms with Gasteiger partial charge in [0.05, 0.1) is 17.9 Å². The molecule has 1 aromatic heterocycles. The number of hydrogen-bond acceptors (Lipinski definition) is 4. The monoisotopic (exact) mass is 364 g/mol. The molecule has 3 N–H and O–H groups in total. The lowest BCUT2D eigenvalue weighted by Gasteiger charge is -2.14. The first-order valence-electron chi connectivity index (χ1n) is 8.22. The SMILES string of the molecule is CCc1cccc(CC)c1NC(=O)CNS(=O)(=O)c1c(C)n[nH]c1C. The van der Waals surface area contributed by atoms with Crippen molar-refractivity contribution in [3.05, 3.63) is 40.7 Å². The number of aromatic nitrogens is 2. The maximum atomic E-state index is 12.4. The van der Waals surface area contributed by atoms with E-state index in [2.05, 4.69) is 20.2 Å². The lowest BCUT2D eigenvalue weighted by molar-refractivity contribution is -0.115. The molecule has 0 bridgehead atoms. The molecule has 0 spiro atoms. The number of hydrogen-bond donors (Lipinski definition) is 3. The van der Waals surface area contributed by atoms with Crippen LogP contribution in [-0.4, -0.2) is 31.1 Å². The zero-order chi connectivity index (χ0) is 18.6. The summed E-state index contributed by atoms with van der Waals surface area (Å²) in [5, 5.41) is 9.35. The summed E-state index contributed by atoms with van der Waals surface area (Å²) >= 11 is 0. The number of sulfonamides is 1. The van der Waals surface area contributed by atoms with Gasteiger partial charge in [0.15, 0.2) is 0 Å². The van der Waals surface area contributed by atoms with Crippen LogP contribution >= 0.6 is 0 Å². The topological polar surface area (TPSA) is 104 Å². The number of benzene rings is 1. The van der Waals surface area contributed by atoms with Gasteiger partial charge in [-0.25, -0.2) is 13.1 Å². The van der Waals surface area contributed by atoms with Gasteiger partial charge >= 0.3 is 0 Å². The van der Waals surface area contributed by atoms with Gasteiger partial charge in [-0.3, -0.25) is 9.89 Å². The molecule has 2 rings (SSSR count). The largest absolute Gasteiger partial charge is 0.324 e. The van der Waals surface area contributed by atoms with Crippen molar-refractivity contribution in [2.75, 3.05) is 11.9 Å². The summed E-state index contributed by atoms with van der Waals surface area (Å²) in [5.74, 6) is -0.405. The molecule has 25 heavy (non-hydrogen) atoms. The van der Waals surface area contributed by atoms with Gasteiger partial charge in [-0.1, -0.05) is 32.0 Å². The lowest BCUT2D eigenvalue weighted by atomic mass is 10.0. The van der Waals surface area contributed by atoms with E-state index in [1.54, 1.807) is 13.8 Å². The highest BCUT2D eigenvalue weighted by Gasteiger charge is 2.23. The first-order chi connectivity index (χ1) is 11.8. The number of carbonyl (C=O) groups excluding carboxylic acids is 1. The van der Waals surface area contributed by atoms with Crippen LogP contribution in [-0.2, 0) is 27.7 Å². The molecule has 136 valence electrons. The van der Waals surface area contributed by atoms with Crippen LogP contribution in [0.3, 0.4) is 0 Å². The smallest absolute Gasteiger partial charge is 0.244 e. The number of aryl methyl sites for hydroxylation is 4. The van der Waals surface area contributed by atoms with E-state index in [0.29, 0.717) is 11.4 Å². The van der Waals surface area contributed by atoms with Crippen molar-refractivity contribution in [3.8, 4) is 0 Å². The molecule has 1 aromatic carbocycles. The summed E-state index contributed by atoms with van der Waals surface area (Å²) in [7, 11) is -3.80. The summed E-state index contributed by atoms with van der Waals surface area (Å²) in [5.41, 5.74) is 3.63. The zero-order valence-corrected chi connectivity index (χ0v) is 15.8. The molecule has 0 radical (unpaired) electrons. The molecule has 1 heterocycles. The molecule has 0 aliphatic carbocycles. The Balaban J connectivity index is 2.12. The number of H-pyrrole nitrogens is 1. The van der Waals surface area contributed by atoms with E-state index in [1.807, 2.05) is 32.0 Å². The Morgan fingerprint density at radius 2 is 1.76 bits per heavy atom. The van der Waals surface area contributed by atoms with E-state index < -0.39 is 15.9 Å². The van der Waals surface area contributed by atoms with Gasteiger partial charge in [-0.15, -0.1) is 0 Å². The summed E-state index contributed by atoms with van der Waals surface area (Å²) in [6.07, 6.45) is 1.56. The number of amides is 1. The normalized spacial score (nSPS) is 11.5. The number of nitrogens with zero attached hydrogens (tertiary/aromatic N) is 1. The number of aromatic amines is 1. The Morgan fingerprint density at radius 3 is 2.24 bits per heavy atom. The number of rotatable bonds is 7. The van der Waals surface area contributed by atoms with Crippen molar-refractivity contribution in [2.24, 2.45) is 0 Å². The minimum absolute atomic E-state index is 0.0866. The number of anilines is 1. The third-order valence-electron chi connectivity index (χ3n) is 4.02. The molecular formula is C17H24N4O3S. The molecule has 8 heteroatoms. The predicted molar refractivity (Wildman–Crippen MR) is 97.1 cm³/mol. The Bertz CT molecular complexity index is 830. The third kappa shape index (κ3) is 4.26. The second kappa shape index (κ2) is 7.79. The number of carbonyl (C=O) groups is 1. The fourth-order valence-corrected chi connectivity index (χ4v) is 4.10. The second-order valence-electron chi connectivity index (χ2n) is 5.79. The van der Waals surface area contributed by atoms with Crippen LogP contribution in [0.5, 0.6) is 0 Å². The maximum Gasteiger partial charge on any atom is 0.244 e. The Labute approximate surface area is 148 Å². The molecule has 0 aliphatic heterocycles. The minimum atomic E-state index is -3.80. The average Bonchev–Trinajstić information content (AvgIpc) is 2.92. The van der Waals surface area contributed by atoms with Crippen LogP contribution < -0.4 is 10.0 Å². The van der Waals surface area contributed by atoms with Gasteiger partial charge in [0.1, 0.15) is 4.90 Å². The summed E-state index contributed by atoms with van der Waals surface area (Å²) in [6.45, 7) is 6.91. The van der Waals surface area contributed by atoms with Gasteiger partial charge in [0.2, 0.25) is 15.9 Å². The van der Waals surface area contributed by atoms with Crippen LogP contribution in [0.2, 0.25) is 0 Å². The van der Waals surface area contributed by atoms with Crippen molar-refractivity contribution in [1.29, 1.82) is 0 Å². The van der Waals surface area contributed by atoms with E-state index in [0.717, 1.165) is 29.7 Å². The molecule has 0 unspecified atom stereocenters. The highest BCUT2D eigenvalue weighted by atomic mass is 32.2. The number of nitrogens with one attached hydrogen (secondary N) is 3. The lowest BCUT2D eigenvalue weighted by Crippen LogP contribution is -2.33. The Hall–Kier alpha value is -2.19. The highest BCUT2D eigenvalue weighted by Crippen LogP contribution is 2.22. The van der Waals surface area contributed by atoms with Crippen LogP contribution in [0.4, 0.5) is 5.69 Å². The molecule has 0 aliphatic rings. The van der Waals surface area contributed by atoms with Gasteiger partial charge < -0.3 is 5.32 Å². The fraction of sp³-hybridized carbons (Fsp3) is 0.412. The molecule has 0 saturated carbocycles. The van der Waals surface area contributed by atoms with Crippen molar-refractivity contribution >= 4 is 21.6 Å². The van der Waals surface area contributed by atoms with Crippen molar-refractivity contribution in [2.45, 2.75) is 45.4 Å². The van der Waals surface area contributed by atoms with Gasteiger partial charge in [-0.05, 0) is 37.8 Å². The van der Waals surface area contributed by atoms with Crippen molar-refractivity contribution in [1.82, 2.24) is 14.9 Å². The summed E-state index contributed by atoms with van der Waals surface area (Å²) in [6, 6.07) is 5.87. The third-order valence-corrected chi connectivity index (χ3v) is 5.68. The summed E-state index contributed by atoms with van der Waals surface area (Å²) in [4.78, 5) is 12.4. The van der Waals surface area contributed by atoms with E-state index >= 15 is 0 Å². The molecule has 2 aromatic rings. The van der Waals surface area contributed by atoms with Crippen LogP contribution in [0.1, 0.15) is 36.4 Å². The first kappa shape index (κ1) is 19.1. The van der Waals surface area contributed by atoms with E-state index in [4.69, 9.17) is 0 Å². The Morgan fingerprint density at radius 1 is 1.16 bits per heavy atom. The second-order valence-corrected chi connectivity index (χ2v) is 7.50. The molecule has 7 nitrogen and oxygen atoms in total. The molecule has 0 fully saturated rings. The van der Waals surface area contributed by atoms with Gasteiger partial charge in [0.25, 0.3) is 0 Å². The van der Waals surface area contributed by atoms with Crippen LogP contribution in [0, 0.1) is 13.8 Å². The van der Waals surface area contributed by atoms with Crippen LogP contribution in [0.15, 0.2) is 23.1 Å². The quantitative estimate of drug-likeness (QED) is 0.699. The molecule has 0 atom stereocenters. The molecule has 1 amide bonds. The standard InChI is InChI=1S/C17H24N4O3S/c1-5-13-8-7-9-14(6-2)16(13)19-15(22)10-18-25(23,24)17-11(3)20-21-12(17)4/h7-9,18H,5-6,10H2,1-4H3,(H,19,22)(H,20,21). The predicted octanol–water partition coefficient (Wildman–Crippen LogP) is 2.07. The first-order valence-corrected chi connectivity index (χ1v) is 9.70.